The van der Waals surface area contributed by atoms with Gasteiger partial charge in [0.15, 0.2) is 0 Å². The Labute approximate surface area is 194 Å². The predicted octanol–water partition coefficient (Wildman–Crippen LogP) is 5.59. The van der Waals surface area contributed by atoms with E-state index in [2.05, 4.69) is 16.8 Å². The second-order valence-electron chi connectivity index (χ2n) is 8.59. The summed E-state index contributed by atoms with van der Waals surface area (Å²) in [7, 11) is 1.59. The average Bonchev–Trinajstić information content (AvgIpc) is 2.81. The molecule has 2 heterocycles. The summed E-state index contributed by atoms with van der Waals surface area (Å²) in [5.41, 5.74) is 1.33. The number of aliphatic carboxylic acids is 1. The summed E-state index contributed by atoms with van der Waals surface area (Å²) in [6.45, 7) is 4.59. The highest BCUT2D eigenvalue weighted by molar-refractivity contribution is 7.99. The number of carboxylic acids is 1. The molecule has 0 aliphatic carbocycles. The highest BCUT2D eigenvalue weighted by Gasteiger charge is 2.34. The maximum atomic E-state index is 15.3. The molecule has 0 bridgehead atoms. The van der Waals surface area contributed by atoms with Gasteiger partial charge in [-0.15, -0.1) is 0 Å². The van der Waals surface area contributed by atoms with Crippen LogP contribution in [0.25, 0.3) is 10.9 Å². The monoisotopic (exact) mass is 462 g/mol. The molecule has 1 N–H and O–H groups in total. The zero-order chi connectivity index (χ0) is 22.9. The van der Waals surface area contributed by atoms with Crippen molar-refractivity contribution in [3.05, 3.63) is 36.0 Å². The molecule has 1 fully saturated rings. The minimum atomic E-state index is -1.16. The fourth-order valence-electron chi connectivity index (χ4n) is 4.50. The Morgan fingerprint density at radius 3 is 2.97 bits per heavy atom. The van der Waals surface area contributed by atoms with Gasteiger partial charge in [-0.25, -0.2) is 4.39 Å². The Kier molecular flexibility index (Phi) is 9.60. The molecule has 0 radical (unpaired) electrons. The lowest BCUT2D eigenvalue weighted by Gasteiger charge is -2.36. The fourth-order valence-corrected chi connectivity index (χ4v) is 5.59. The first kappa shape index (κ1) is 24.8. The lowest BCUT2D eigenvalue weighted by molar-refractivity contribution is -0.146. The zero-order valence-electron chi connectivity index (χ0n) is 19.1. The Morgan fingerprint density at radius 2 is 2.22 bits per heavy atom. The number of benzene rings is 1. The quantitative estimate of drug-likeness (QED) is 0.415. The SMILES string of the molecule is CCCCSCCN1CC[C@@H](CC[C@H](F)c2ccnc3ccc(OC)cc23)[C@@H](C(=O)O)C1. The lowest BCUT2D eigenvalue weighted by atomic mass is 9.81. The molecule has 5 nitrogen and oxygen atoms in total. The first-order valence-corrected chi connectivity index (χ1v) is 12.8. The number of nitrogens with zero attached hydrogens (tertiary/aromatic N) is 2. The largest absolute Gasteiger partial charge is 0.497 e. The molecule has 176 valence electrons. The summed E-state index contributed by atoms with van der Waals surface area (Å²) in [5.74, 6) is 1.71. The van der Waals surface area contributed by atoms with Crippen molar-refractivity contribution in [2.45, 2.75) is 45.2 Å². The van der Waals surface area contributed by atoms with E-state index in [4.69, 9.17) is 4.74 Å². The maximum Gasteiger partial charge on any atom is 0.308 e. The first-order valence-electron chi connectivity index (χ1n) is 11.6. The van der Waals surface area contributed by atoms with Crippen molar-refractivity contribution >= 4 is 28.6 Å². The van der Waals surface area contributed by atoms with Gasteiger partial charge >= 0.3 is 5.97 Å². The summed E-state index contributed by atoms with van der Waals surface area (Å²) in [4.78, 5) is 18.5. The number of aromatic nitrogens is 1. The molecule has 3 atom stereocenters. The summed E-state index contributed by atoms with van der Waals surface area (Å²) in [5, 5.41) is 10.6. The summed E-state index contributed by atoms with van der Waals surface area (Å²) >= 11 is 1.94. The lowest BCUT2D eigenvalue weighted by Crippen LogP contribution is -2.44. The van der Waals surface area contributed by atoms with Crippen molar-refractivity contribution < 1.29 is 19.0 Å². The molecule has 1 saturated heterocycles. The minimum absolute atomic E-state index is 0.0115. The number of carboxylic acid groups (broad SMARTS) is 1. The molecule has 3 rings (SSSR count). The van der Waals surface area contributed by atoms with E-state index in [-0.39, 0.29) is 5.92 Å². The number of hydrogen-bond acceptors (Lipinski definition) is 5. The summed E-state index contributed by atoms with van der Waals surface area (Å²) < 4.78 is 20.6. The van der Waals surface area contributed by atoms with E-state index < -0.39 is 18.1 Å². The predicted molar refractivity (Wildman–Crippen MR) is 129 cm³/mol. The third-order valence-electron chi connectivity index (χ3n) is 6.46. The average molecular weight is 463 g/mol. The number of hydrogen-bond donors (Lipinski definition) is 1. The summed E-state index contributed by atoms with van der Waals surface area (Å²) in [6, 6.07) is 7.20. The molecule has 1 aromatic carbocycles. The van der Waals surface area contributed by atoms with E-state index in [0.29, 0.717) is 30.7 Å². The molecule has 7 heteroatoms. The second kappa shape index (κ2) is 12.4. The standard InChI is InChI=1S/C25H35FN2O3S/c1-3-4-14-32-15-13-28-12-10-18(22(17-28)25(29)30)5-7-23(26)20-9-11-27-24-8-6-19(31-2)16-21(20)24/h6,8-9,11,16,18,22-23H,3-5,7,10,12-15,17H2,1-2H3,(H,29,30)/t18-,22+,23+/m1/s1. The van der Waals surface area contributed by atoms with Crippen molar-refractivity contribution in [3.8, 4) is 5.75 Å². The van der Waals surface area contributed by atoms with Crippen molar-refractivity contribution in [3.63, 3.8) is 0 Å². The van der Waals surface area contributed by atoms with Gasteiger partial charge in [0.25, 0.3) is 0 Å². The van der Waals surface area contributed by atoms with Gasteiger partial charge < -0.3 is 14.7 Å². The van der Waals surface area contributed by atoms with Crippen molar-refractivity contribution in [2.24, 2.45) is 11.8 Å². The maximum absolute atomic E-state index is 15.3. The van der Waals surface area contributed by atoms with Crippen LogP contribution < -0.4 is 4.74 Å². The van der Waals surface area contributed by atoms with Gasteiger partial charge in [0.1, 0.15) is 11.9 Å². The van der Waals surface area contributed by atoms with Crippen LogP contribution in [0.2, 0.25) is 0 Å². The number of unbranched alkanes of at least 4 members (excludes halogenated alkanes) is 1. The minimum Gasteiger partial charge on any atom is -0.497 e. The number of pyridine rings is 1. The van der Waals surface area contributed by atoms with E-state index in [1.807, 2.05) is 30.0 Å². The van der Waals surface area contributed by atoms with Gasteiger partial charge in [-0.1, -0.05) is 13.3 Å². The van der Waals surface area contributed by atoms with E-state index in [1.54, 1.807) is 19.4 Å². The number of methoxy groups -OCH3 is 1. The van der Waals surface area contributed by atoms with E-state index >= 15 is 4.39 Å². The third kappa shape index (κ3) is 6.58. The number of fused-ring (bicyclic) bond motifs is 1. The van der Waals surface area contributed by atoms with E-state index in [1.165, 1.54) is 18.6 Å². The van der Waals surface area contributed by atoms with Crippen LogP contribution in [0, 0.1) is 11.8 Å². The van der Waals surface area contributed by atoms with Crippen LogP contribution in [0.3, 0.4) is 0 Å². The number of carbonyl (C=O) groups is 1. The summed E-state index contributed by atoms with van der Waals surface area (Å²) in [6.07, 6.45) is 4.62. The van der Waals surface area contributed by atoms with Crippen LogP contribution >= 0.6 is 11.8 Å². The van der Waals surface area contributed by atoms with Gasteiger partial charge in [-0.05, 0) is 73.7 Å². The van der Waals surface area contributed by atoms with Crippen LogP contribution in [-0.2, 0) is 4.79 Å². The Morgan fingerprint density at radius 1 is 1.38 bits per heavy atom. The molecule has 0 saturated carbocycles. The van der Waals surface area contributed by atoms with Crippen LogP contribution in [0.4, 0.5) is 4.39 Å². The number of halogens is 1. The number of alkyl halides is 1. The topological polar surface area (TPSA) is 62.7 Å². The molecular formula is C25H35FN2O3S. The molecule has 0 unspecified atom stereocenters. The Bertz CT molecular complexity index is 881. The van der Waals surface area contributed by atoms with Gasteiger partial charge in [-0.2, -0.15) is 11.8 Å². The molecule has 1 aliphatic rings. The molecular weight excluding hydrogens is 427 g/mol. The number of likely N-dealkylation sites (tertiary alicyclic amines) is 1. The van der Waals surface area contributed by atoms with E-state index in [0.717, 1.165) is 36.2 Å². The van der Waals surface area contributed by atoms with E-state index in [9.17, 15) is 9.90 Å². The molecule has 1 aromatic heterocycles. The first-order chi connectivity index (χ1) is 15.5. The molecule has 2 aromatic rings. The molecule has 0 amide bonds. The Balaban J connectivity index is 1.58. The van der Waals surface area contributed by atoms with Crippen LogP contribution in [0.5, 0.6) is 5.75 Å². The van der Waals surface area contributed by atoms with Crippen LogP contribution in [-0.4, -0.2) is 59.2 Å². The van der Waals surface area contributed by atoms with Crippen molar-refractivity contribution in [1.29, 1.82) is 0 Å². The smallest absolute Gasteiger partial charge is 0.308 e. The van der Waals surface area contributed by atoms with Crippen molar-refractivity contribution in [1.82, 2.24) is 9.88 Å². The van der Waals surface area contributed by atoms with Gasteiger partial charge in [0, 0.05) is 30.4 Å². The van der Waals surface area contributed by atoms with Crippen LogP contribution in [0.1, 0.15) is 50.8 Å². The zero-order valence-corrected chi connectivity index (χ0v) is 20.0. The van der Waals surface area contributed by atoms with Gasteiger partial charge in [0.05, 0.1) is 18.5 Å². The second-order valence-corrected chi connectivity index (χ2v) is 9.81. The molecule has 1 aliphatic heterocycles. The normalized spacial score (nSPS) is 20.3. The highest BCUT2D eigenvalue weighted by Crippen LogP contribution is 2.35. The molecule has 32 heavy (non-hydrogen) atoms. The third-order valence-corrected chi connectivity index (χ3v) is 7.51. The number of thioether (sulfide) groups is 1. The van der Waals surface area contributed by atoms with Crippen molar-refractivity contribution in [2.75, 3.05) is 38.2 Å². The Hall–Kier alpha value is -1.86. The number of ether oxygens (including phenoxy) is 1. The van der Waals surface area contributed by atoms with Gasteiger partial charge in [0.2, 0.25) is 0 Å². The molecule has 0 spiro atoms. The van der Waals surface area contributed by atoms with Gasteiger partial charge in [-0.3, -0.25) is 9.78 Å². The fraction of sp³-hybridized carbons (Fsp3) is 0.600. The highest BCUT2D eigenvalue weighted by atomic mass is 32.2. The number of piperidine rings is 1. The van der Waals surface area contributed by atoms with Crippen LogP contribution in [0.15, 0.2) is 30.5 Å². The number of rotatable bonds is 12.